The lowest BCUT2D eigenvalue weighted by Gasteiger charge is -2.19. The van der Waals surface area contributed by atoms with Crippen molar-refractivity contribution >= 4 is 29.6 Å². The fraction of sp³-hybridized carbons (Fsp3) is 0.286. The molecule has 106 valence electrons. The van der Waals surface area contributed by atoms with E-state index in [4.69, 9.17) is 16.7 Å². The van der Waals surface area contributed by atoms with Crippen molar-refractivity contribution in [3.05, 3.63) is 40.9 Å². The second kappa shape index (κ2) is 6.07. The minimum atomic E-state index is -1.11. The summed E-state index contributed by atoms with van der Waals surface area (Å²) < 4.78 is 0. The molecular formula is C14H14ClNO4. The molecule has 2 N–H and O–H groups in total. The number of hydrogen-bond donors (Lipinski definition) is 2. The molecule has 1 aromatic carbocycles. The van der Waals surface area contributed by atoms with Crippen molar-refractivity contribution in [1.29, 1.82) is 0 Å². The van der Waals surface area contributed by atoms with Crippen LogP contribution in [-0.2, 0) is 9.59 Å². The molecule has 1 amide bonds. The van der Waals surface area contributed by atoms with E-state index in [1.807, 2.05) is 0 Å². The molecule has 5 nitrogen and oxygen atoms in total. The molecule has 6 heteroatoms. The number of nitrogens with zero attached hydrogens (tertiary/aromatic N) is 1. The van der Waals surface area contributed by atoms with E-state index in [0.29, 0.717) is 10.6 Å². The summed E-state index contributed by atoms with van der Waals surface area (Å²) in [5, 5.41) is 19.0. The topological polar surface area (TPSA) is 77.8 Å². The molecule has 0 saturated carbocycles. The first kappa shape index (κ1) is 14.6. The molecule has 0 bridgehead atoms. The van der Waals surface area contributed by atoms with Gasteiger partial charge in [0.05, 0.1) is 6.10 Å². The first-order chi connectivity index (χ1) is 9.49. The van der Waals surface area contributed by atoms with Gasteiger partial charge in [0, 0.05) is 24.1 Å². The number of aliphatic hydroxyl groups is 1. The highest BCUT2D eigenvalue weighted by molar-refractivity contribution is 6.32. The zero-order valence-corrected chi connectivity index (χ0v) is 11.3. The number of likely N-dealkylation sites (tertiary alicyclic amines) is 1. The normalized spacial score (nSPS) is 22.4. The third-order valence-electron chi connectivity index (χ3n) is 3.16. The first-order valence-electron chi connectivity index (χ1n) is 6.13. The van der Waals surface area contributed by atoms with Crippen LogP contribution in [0.3, 0.4) is 0 Å². The molecule has 0 spiro atoms. The molecule has 1 aliphatic heterocycles. The standard InChI is InChI=1S/C14H14ClNO4/c15-11-4-2-1-3-9(11)5-6-13(18)16-8-10(17)7-12(16)14(19)20/h1-6,10,12,17H,7-8H2,(H,19,20)/b6-5+. The van der Waals surface area contributed by atoms with Crippen molar-refractivity contribution in [2.24, 2.45) is 0 Å². The van der Waals surface area contributed by atoms with Gasteiger partial charge in [0.25, 0.3) is 0 Å². The van der Waals surface area contributed by atoms with Gasteiger partial charge in [0.2, 0.25) is 5.91 Å². The molecule has 2 unspecified atom stereocenters. The van der Waals surface area contributed by atoms with Crippen molar-refractivity contribution in [3.8, 4) is 0 Å². The molecule has 1 aromatic rings. The summed E-state index contributed by atoms with van der Waals surface area (Å²) in [4.78, 5) is 24.2. The highest BCUT2D eigenvalue weighted by Gasteiger charge is 2.37. The number of carbonyl (C=O) groups is 2. The summed E-state index contributed by atoms with van der Waals surface area (Å²) in [5.74, 6) is -1.56. The molecule has 0 aromatic heterocycles. The van der Waals surface area contributed by atoms with E-state index in [1.54, 1.807) is 24.3 Å². The third-order valence-corrected chi connectivity index (χ3v) is 3.50. The Morgan fingerprint density at radius 2 is 2.05 bits per heavy atom. The molecule has 1 fully saturated rings. The largest absolute Gasteiger partial charge is 0.480 e. The predicted octanol–water partition coefficient (Wildman–Crippen LogP) is 1.40. The minimum Gasteiger partial charge on any atom is -0.480 e. The van der Waals surface area contributed by atoms with Crippen LogP contribution in [-0.4, -0.2) is 45.7 Å². The van der Waals surface area contributed by atoms with Gasteiger partial charge >= 0.3 is 5.97 Å². The molecule has 2 atom stereocenters. The molecule has 0 aliphatic carbocycles. The molecule has 1 saturated heterocycles. The van der Waals surface area contributed by atoms with E-state index in [9.17, 15) is 14.7 Å². The number of hydrogen-bond acceptors (Lipinski definition) is 3. The number of carbonyl (C=O) groups excluding carboxylic acids is 1. The summed E-state index contributed by atoms with van der Waals surface area (Å²) in [6, 6.07) is 6.04. The highest BCUT2D eigenvalue weighted by Crippen LogP contribution is 2.20. The number of benzene rings is 1. The minimum absolute atomic E-state index is 0.0304. The van der Waals surface area contributed by atoms with Crippen LogP contribution >= 0.6 is 11.6 Å². The summed E-state index contributed by atoms with van der Waals surface area (Å²) in [5.41, 5.74) is 0.675. The van der Waals surface area contributed by atoms with Gasteiger partial charge in [0.1, 0.15) is 6.04 Å². The lowest BCUT2D eigenvalue weighted by atomic mass is 10.2. The Balaban J connectivity index is 2.12. The molecule has 1 heterocycles. The summed E-state index contributed by atoms with van der Waals surface area (Å²) in [7, 11) is 0. The zero-order valence-electron chi connectivity index (χ0n) is 10.6. The Hall–Kier alpha value is -1.85. The summed E-state index contributed by atoms with van der Waals surface area (Å²) >= 11 is 5.96. The van der Waals surface area contributed by atoms with Crippen LogP contribution in [0, 0.1) is 0 Å². The third kappa shape index (κ3) is 3.18. The fourth-order valence-corrected chi connectivity index (χ4v) is 2.36. The van der Waals surface area contributed by atoms with Crippen LogP contribution < -0.4 is 0 Å². The van der Waals surface area contributed by atoms with Crippen molar-refractivity contribution in [3.63, 3.8) is 0 Å². The molecular weight excluding hydrogens is 282 g/mol. The summed E-state index contributed by atoms with van der Waals surface area (Å²) in [6.07, 6.45) is 2.07. The maximum atomic E-state index is 12.0. The number of rotatable bonds is 3. The van der Waals surface area contributed by atoms with E-state index in [2.05, 4.69) is 0 Å². The number of carboxylic acids is 1. The Morgan fingerprint density at radius 1 is 1.35 bits per heavy atom. The zero-order chi connectivity index (χ0) is 14.7. The number of halogens is 1. The van der Waals surface area contributed by atoms with Gasteiger partial charge in [-0.3, -0.25) is 4.79 Å². The maximum absolute atomic E-state index is 12.0. The van der Waals surface area contributed by atoms with E-state index < -0.39 is 24.0 Å². The average Bonchev–Trinajstić information content (AvgIpc) is 2.80. The van der Waals surface area contributed by atoms with E-state index in [1.165, 1.54) is 12.2 Å². The predicted molar refractivity (Wildman–Crippen MR) is 74.2 cm³/mol. The Bertz CT molecular complexity index is 558. The maximum Gasteiger partial charge on any atom is 0.326 e. The van der Waals surface area contributed by atoms with Crippen LogP contribution in [0.5, 0.6) is 0 Å². The van der Waals surface area contributed by atoms with Crippen LogP contribution in [0.1, 0.15) is 12.0 Å². The van der Waals surface area contributed by atoms with Crippen molar-refractivity contribution in [1.82, 2.24) is 4.90 Å². The molecule has 2 rings (SSSR count). The smallest absolute Gasteiger partial charge is 0.326 e. The van der Waals surface area contributed by atoms with Crippen molar-refractivity contribution in [2.45, 2.75) is 18.6 Å². The number of aliphatic carboxylic acids is 1. The Morgan fingerprint density at radius 3 is 2.70 bits per heavy atom. The van der Waals surface area contributed by atoms with Crippen LogP contribution in [0.4, 0.5) is 0 Å². The number of carboxylic acid groups (broad SMARTS) is 1. The Kier molecular flexibility index (Phi) is 4.42. The van der Waals surface area contributed by atoms with Crippen LogP contribution in [0.2, 0.25) is 5.02 Å². The van der Waals surface area contributed by atoms with Gasteiger partial charge in [0.15, 0.2) is 0 Å². The van der Waals surface area contributed by atoms with Gasteiger partial charge in [-0.2, -0.15) is 0 Å². The lowest BCUT2D eigenvalue weighted by molar-refractivity contribution is -0.146. The van der Waals surface area contributed by atoms with E-state index >= 15 is 0 Å². The van der Waals surface area contributed by atoms with Gasteiger partial charge in [-0.05, 0) is 17.7 Å². The second-order valence-electron chi connectivity index (χ2n) is 4.59. The summed E-state index contributed by atoms with van der Waals surface area (Å²) in [6.45, 7) is 0.0304. The van der Waals surface area contributed by atoms with Crippen LogP contribution in [0.15, 0.2) is 30.3 Å². The van der Waals surface area contributed by atoms with Gasteiger partial charge in [-0.25, -0.2) is 4.79 Å². The quantitative estimate of drug-likeness (QED) is 0.826. The Labute approximate surface area is 121 Å². The monoisotopic (exact) mass is 295 g/mol. The number of aliphatic hydroxyl groups excluding tert-OH is 1. The van der Waals surface area contributed by atoms with Gasteiger partial charge in [-0.15, -0.1) is 0 Å². The lowest BCUT2D eigenvalue weighted by Crippen LogP contribution is -2.39. The first-order valence-corrected chi connectivity index (χ1v) is 6.51. The number of β-amino-alcohol motifs (C(OH)–C–C–N with tert-alkyl or cyclic N) is 1. The van der Waals surface area contributed by atoms with Crippen molar-refractivity contribution in [2.75, 3.05) is 6.54 Å². The highest BCUT2D eigenvalue weighted by atomic mass is 35.5. The average molecular weight is 296 g/mol. The van der Waals surface area contributed by atoms with E-state index in [-0.39, 0.29) is 13.0 Å². The molecule has 20 heavy (non-hydrogen) atoms. The van der Waals surface area contributed by atoms with E-state index in [0.717, 1.165) is 4.90 Å². The van der Waals surface area contributed by atoms with Gasteiger partial charge < -0.3 is 15.1 Å². The van der Waals surface area contributed by atoms with Crippen LogP contribution in [0.25, 0.3) is 6.08 Å². The fourth-order valence-electron chi connectivity index (χ4n) is 2.16. The van der Waals surface area contributed by atoms with Gasteiger partial charge in [-0.1, -0.05) is 29.8 Å². The SMILES string of the molecule is O=C(O)C1CC(O)CN1C(=O)/C=C/c1ccccc1Cl. The number of amides is 1. The molecule has 0 radical (unpaired) electrons. The second-order valence-corrected chi connectivity index (χ2v) is 5.00. The van der Waals surface area contributed by atoms with Crippen molar-refractivity contribution < 1.29 is 19.8 Å². The molecule has 1 aliphatic rings.